The van der Waals surface area contributed by atoms with E-state index in [9.17, 15) is 4.79 Å². The van der Waals surface area contributed by atoms with Gasteiger partial charge in [-0.1, -0.05) is 50.6 Å². The van der Waals surface area contributed by atoms with E-state index in [-0.39, 0.29) is 24.6 Å². The number of fused-ring (bicyclic) bond motifs is 2. The van der Waals surface area contributed by atoms with Gasteiger partial charge in [0, 0.05) is 16.1 Å². The summed E-state index contributed by atoms with van der Waals surface area (Å²) in [6.07, 6.45) is 2.83. The first-order valence-electron chi connectivity index (χ1n) is 10.8. The van der Waals surface area contributed by atoms with Gasteiger partial charge in [-0.15, -0.1) is 0 Å². The minimum absolute atomic E-state index is 0.176. The Bertz CT molecular complexity index is 1090. The summed E-state index contributed by atoms with van der Waals surface area (Å²) >= 11 is 5.90. The van der Waals surface area contributed by atoms with Crippen molar-refractivity contribution in [1.29, 1.82) is 0 Å². The number of carbonyl (C=O) groups excluding carboxylic acids is 1. The third-order valence-electron chi connectivity index (χ3n) is 6.09. The molecule has 1 atom stereocenters. The van der Waals surface area contributed by atoms with Crippen LogP contribution in [0.2, 0.25) is 5.02 Å². The molecule has 2 aromatic carbocycles. The Labute approximate surface area is 188 Å². The fourth-order valence-corrected chi connectivity index (χ4v) is 4.38. The van der Waals surface area contributed by atoms with E-state index in [1.807, 2.05) is 24.3 Å². The van der Waals surface area contributed by atoms with Crippen LogP contribution in [0.15, 0.2) is 48.5 Å². The van der Waals surface area contributed by atoms with Crippen LogP contribution in [0.1, 0.15) is 48.8 Å². The SMILES string of the molecule is CC(C)(C)C1CCc2nc3ccccc3c(C(=O)OCCOc3ccc(Cl)cc3)c2C1. The highest BCUT2D eigenvalue weighted by Gasteiger charge is 2.33. The number of halogens is 1. The van der Waals surface area contributed by atoms with Crippen molar-refractivity contribution in [3.05, 3.63) is 70.4 Å². The number of benzene rings is 2. The smallest absolute Gasteiger partial charge is 0.339 e. The first-order chi connectivity index (χ1) is 14.8. The molecule has 0 saturated carbocycles. The molecule has 1 unspecified atom stereocenters. The van der Waals surface area contributed by atoms with Gasteiger partial charge < -0.3 is 9.47 Å². The Balaban J connectivity index is 1.55. The van der Waals surface area contributed by atoms with E-state index in [1.54, 1.807) is 24.3 Å². The molecule has 0 fully saturated rings. The fourth-order valence-electron chi connectivity index (χ4n) is 4.26. The van der Waals surface area contributed by atoms with Gasteiger partial charge in [0.05, 0.1) is 11.1 Å². The lowest BCUT2D eigenvalue weighted by molar-refractivity contribution is 0.0450. The molecule has 4 rings (SSSR count). The molecule has 5 heteroatoms. The molecule has 0 N–H and O–H groups in total. The van der Waals surface area contributed by atoms with Gasteiger partial charge in [0.2, 0.25) is 0 Å². The summed E-state index contributed by atoms with van der Waals surface area (Å²) in [6.45, 7) is 7.26. The summed E-state index contributed by atoms with van der Waals surface area (Å²) in [5, 5.41) is 1.51. The highest BCUT2D eigenvalue weighted by atomic mass is 35.5. The molecule has 0 radical (unpaired) electrons. The van der Waals surface area contributed by atoms with Gasteiger partial charge in [0.15, 0.2) is 0 Å². The first kappa shape index (κ1) is 21.6. The standard InChI is InChI=1S/C26H28ClNO3/c1-26(2,3)17-8-13-23-21(16-17)24(20-6-4-5-7-22(20)28-23)25(29)31-15-14-30-19-11-9-18(27)10-12-19/h4-7,9-12,17H,8,13-16H2,1-3H3. The van der Waals surface area contributed by atoms with Crippen molar-refractivity contribution in [2.45, 2.75) is 40.0 Å². The second kappa shape index (κ2) is 8.88. The monoisotopic (exact) mass is 437 g/mol. The zero-order valence-electron chi connectivity index (χ0n) is 18.3. The minimum Gasteiger partial charge on any atom is -0.490 e. The highest BCUT2D eigenvalue weighted by Crippen LogP contribution is 2.39. The van der Waals surface area contributed by atoms with E-state index in [0.29, 0.717) is 22.3 Å². The average Bonchev–Trinajstić information content (AvgIpc) is 2.75. The number of hydrogen-bond donors (Lipinski definition) is 0. The van der Waals surface area contributed by atoms with Crippen LogP contribution in [0.25, 0.3) is 10.9 Å². The Morgan fingerprint density at radius 1 is 1.10 bits per heavy atom. The van der Waals surface area contributed by atoms with Crippen molar-refractivity contribution < 1.29 is 14.3 Å². The summed E-state index contributed by atoms with van der Waals surface area (Å²) in [7, 11) is 0. The molecular formula is C26H28ClNO3. The maximum atomic E-state index is 13.2. The molecule has 1 heterocycles. The van der Waals surface area contributed by atoms with E-state index < -0.39 is 0 Å². The van der Waals surface area contributed by atoms with Crippen LogP contribution in [0.3, 0.4) is 0 Å². The van der Waals surface area contributed by atoms with E-state index in [4.69, 9.17) is 26.1 Å². The molecule has 1 aliphatic rings. The number of rotatable bonds is 5. The first-order valence-corrected chi connectivity index (χ1v) is 11.2. The predicted molar refractivity (Wildman–Crippen MR) is 124 cm³/mol. The molecular weight excluding hydrogens is 410 g/mol. The summed E-state index contributed by atoms with van der Waals surface area (Å²) in [4.78, 5) is 18.1. The topological polar surface area (TPSA) is 48.4 Å². The second-order valence-electron chi connectivity index (χ2n) is 9.17. The number of aryl methyl sites for hydroxylation is 1. The van der Waals surface area contributed by atoms with Crippen LogP contribution in [0.4, 0.5) is 0 Å². The van der Waals surface area contributed by atoms with E-state index in [1.165, 1.54) is 0 Å². The lowest BCUT2D eigenvalue weighted by Gasteiger charge is -2.35. The zero-order chi connectivity index (χ0) is 22.0. The van der Waals surface area contributed by atoms with Gasteiger partial charge in [0.1, 0.15) is 19.0 Å². The molecule has 0 bridgehead atoms. The highest BCUT2D eigenvalue weighted by molar-refractivity contribution is 6.30. The Morgan fingerprint density at radius 3 is 2.58 bits per heavy atom. The van der Waals surface area contributed by atoms with E-state index >= 15 is 0 Å². The second-order valence-corrected chi connectivity index (χ2v) is 9.61. The van der Waals surface area contributed by atoms with Gasteiger partial charge in [-0.25, -0.2) is 4.79 Å². The molecule has 0 aliphatic heterocycles. The third-order valence-corrected chi connectivity index (χ3v) is 6.34. The van der Waals surface area contributed by atoms with Gasteiger partial charge in [-0.3, -0.25) is 4.98 Å². The number of esters is 1. The van der Waals surface area contributed by atoms with Crippen molar-refractivity contribution in [3.63, 3.8) is 0 Å². The lowest BCUT2D eigenvalue weighted by atomic mass is 9.70. The number of ether oxygens (including phenoxy) is 2. The quantitative estimate of drug-likeness (QED) is 0.348. The number of hydrogen-bond acceptors (Lipinski definition) is 4. The normalized spacial score (nSPS) is 16.1. The van der Waals surface area contributed by atoms with Crippen LogP contribution in [-0.2, 0) is 17.6 Å². The zero-order valence-corrected chi connectivity index (χ0v) is 19.0. The minimum atomic E-state index is -0.302. The Morgan fingerprint density at radius 2 is 1.84 bits per heavy atom. The van der Waals surface area contributed by atoms with Crippen LogP contribution < -0.4 is 4.74 Å². The molecule has 4 nitrogen and oxygen atoms in total. The van der Waals surface area contributed by atoms with Gasteiger partial charge in [0.25, 0.3) is 0 Å². The molecule has 0 saturated heterocycles. The predicted octanol–water partition coefficient (Wildman–Crippen LogP) is 6.28. The van der Waals surface area contributed by atoms with Crippen molar-refractivity contribution in [3.8, 4) is 5.75 Å². The van der Waals surface area contributed by atoms with Gasteiger partial charge in [-0.05, 0) is 66.5 Å². The molecule has 31 heavy (non-hydrogen) atoms. The summed E-state index contributed by atoms with van der Waals surface area (Å²) in [5.41, 5.74) is 3.77. The summed E-state index contributed by atoms with van der Waals surface area (Å²) in [6, 6.07) is 15.0. The van der Waals surface area contributed by atoms with Gasteiger partial charge in [-0.2, -0.15) is 0 Å². The fraction of sp³-hybridized carbons (Fsp3) is 0.385. The molecule has 0 amide bonds. The number of aromatic nitrogens is 1. The van der Waals surface area contributed by atoms with Crippen molar-refractivity contribution >= 4 is 28.5 Å². The largest absolute Gasteiger partial charge is 0.490 e. The lowest BCUT2D eigenvalue weighted by Crippen LogP contribution is -2.29. The Kier molecular flexibility index (Phi) is 6.19. The summed E-state index contributed by atoms with van der Waals surface area (Å²) in [5.74, 6) is 0.895. The van der Waals surface area contributed by atoms with Crippen LogP contribution in [0.5, 0.6) is 5.75 Å². The van der Waals surface area contributed by atoms with Crippen LogP contribution in [-0.4, -0.2) is 24.2 Å². The Hall–Kier alpha value is -2.59. The number of pyridine rings is 1. The maximum absolute atomic E-state index is 13.2. The molecule has 162 valence electrons. The molecule has 1 aromatic heterocycles. The number of carbonyl (C=O) groups is 1. The number of nitrogens with zero attached hydrogens (tertiary/aromatic N) is 1. The van der Waals surface area contributed by atoms with E-state index in [0.717, 1.165) is 41.4 Å². The van der Waals surface area contributed by atoms with Crippen molar-refractivity contribution in [2.24, 2.45) is 11.3 Å². The average molecular weight is 438 g/mol. The molecule has 3 aromatic rings. The van der Waals surface area contributed by atoms with Crippen LogP contribution in [0, 0.1) is 11.3 Å². The van der Waals surface area contributed by atoms with Crippen LogP contribution >= 0.6 is 11.6 Å². The third kappa shape index (κ3) is 4.85. The van der Waals surface area contributed by atoms with Gasteiger partial charge >= 0.3 is 5.97 Å². The molecule has 0 spiro atoms. The maximum Gasteiger partial charge on any atom is 0.339 e. The van der Waals surface area contributed by atoms with E-state index in [2.05, 4.69) is 20.8 Å². The summed E-state index contributed by atoms with van der Waals surface area (Å²) < 4.78 is 11.3. The molecule has 1 aliphatic carbocycles. The van der Waals surface area contributed by atoms with Crippen molar-refractivity contribution in [1.82, 2.24) is 4.98 Å². The van der Waals surface area contributed by atoms with Crippen molar-refractivity contribution in [2.75, 3.05) is 13.2 Å². The number of para-hydroxylation sites is 1.